The van der Waals surface area contributed by atoms with E-state index in [1.165, 1.54) is 0 Å². The molecule has 0 aromatic heterocycles. The van der Waals surface area contributed by atoms with Crippen molar-refractivity contribution >= 4 is 6.09 Å². The van der Waals surface area contributed by atoms with E-state index in [-0.39, 0.29) is 31.1 Å². The van der Waals surface area contributed by atoms with E-state index < -0.39 is 23.6 Å². The normalized spacial score (nSPS) is 12.3. The third kappa shape index (κ3) is 4.96. The summed E-state index contributed by atoms with van der Waals surface area (Å²) in [7, 11) is 0. The van der Waals surface area contributed by atoms with Crippen LogP contribution in [0.4, 0.5) is 18.0 Å². The maximum Gasteiger partial charge on any atom is 0.416 e. The molecule has 0 bridgehead atoms. The highest BCUT2D eigenvalue weighted by Gasteiger charge is 2.31. The molecule has 7 heteroatoms. The molecule has 1 aliphatic carbocycles. The number of amides is 1. The van der Waals surface area contributed by atoms with Crippen molar-refractivity contribution in [1.29, 1.82) is 0 Å². The van der Waals surface area contributed by atoms with Gasteiger partial charge >= 0.3 is 12.3 Å². The molecular formula is C26H20F3NO3. The van der Waals surface area contributed by atoms with Gasteiger partial charge in [0.25, 0.3) is 0 Å². The number of alkyl carbamates (subject to hydrolysis) is 1. The molecule has 0 saturated carbocycles. The number of hydrogen-bond donors (Lipinski definition) is 2. The van der Waals surface area contributed by atoms with E-state index in [2.05, 4.69) is 29.3 Å². The van der Waals surface area contributed by atoms with Crippen LogP contribution < -0.4 is 5.32 Å². The number of aromatic hydroxyl groups is 1. The number of rotatable bonds is 4. The minimum atomic E-state index is -4.53. The quantitative estimate of drug-likeness (QED) is 0.396. The van der Waals surface area contributed by atoms with Crippen molar-refractivity contribution in [3.63, 3.8) is 0 Å². The van der Waals surface area contributed by atoms with Gasteiger partial charge in [-0.1, -0.05) is 60.4 Å². The number of alkyl halides is 3. The Morgan fingerprint density at radius 3 is 2.24 bits per heavy atom. The highest BCUT2D eigenvalue weighted by Crippen LogP contribution is 2.44. The lowest BCUT2D eigenvalue weighted by molar-refractivity contribution is -0.137. The van der Waals surface area contributed by atoms with Crippen molar-refractivity contribution in [3.8, 4) is 28.7 Å². The first-order valence-corrected chi connectivity index (χ1v) is 10.3. The van der Waals surface area contributed by atoms with Crippen LogP contribution in [0.15, 0.2) is 66.7 Å². The van der Waals surface area contributed by atoms with Crippen LogP contribution in [0.1, 0.15) is 34.6 Å². The van der Waals surface area contributed by atoms with Gasteiger partial charge in [-0.15, -0.1) is 0 Å². The minimum absolute atomic E-state index is 0.0365. The van der Waals surface area contributed by atoms with Gasteiger partial charge in [0.2, 0.25) is 0 Å². The summed E-state index contributed by atoms with van der Waals surface area (Å²) >= 11 is 0. The third-order valence-corrected chi connectivity index (χ3v) is 5.41. The SMILES string of the molecule is O=C(NCCC#Cc1ccc(C(F)(F)F)cc1O)OCC1c2ccccc2-c2ccccc21. The van der Waals surface area contributed by atoms with Crippen LogP contribution in [0.2, 0.25) is 0 Å². The van der Waals surface area contributed by atoms with Crippen molar-refractivity contribution in [2.45, 2.75) is 18.5 Å². The number of ether oxygens (including phenoxy) is 1. The first-order chi connectivity index (χ1) is 15.8. The second kappa shape index (κ2) is 9.29. The highest BCUT2D eigenvalue weighted by molar-refractivity contribution is 5.79. The molecule has 0 saturated heterocycles. The molecular weight excluding hydrogens is 431 g/mol. The van der Waals surface area contributed by atoms with E-state index in [1.807, 2.05) is 36.4 Å². The van der Waals surface area contributed by atoms with Gasteiger partial charge in [-0.05, 0) is 40.5 Å². The number of benzene rings is 3. The van der Waals surface area contributed by atoms with Crippen molar-refractivity contribution in [2.24, 2.45) is 0 Å². The van der Waals surface area contributed by atoms with Crippen LogP contribution in [0.5, 0.6) is 5.75 Å². The van der Waals surface area contributed by atoms with Gasteiger partial charge in [-0.2, -0.15) is 13.2 Å². The van der Waals surface area contributed by atoms with E-state index in [0.717, 1.165) is 34.4 Å². The Morgan fingerprint density at radius 2 is 1.64 bits per heavy atom. The van der Waals surface area contributed by atoms with E-state index in [1.54, 1.807) is 0 Å². The fourth-order valence-corrected chi connectivity index (χ4v) is 3.85. The largest absolute Gasteiger partial charge is 0.507 e. The molecule has 0 heterocycles. The molecule has 0 spiro atoms. The summed E-state index contributed by atoms with van der Waals surface area (Å²) in [5, 5.41) is 12.3. The number of fused-ring (bicyclic) bond motifs is 3. The van der Waals surface area contributed by atoms with Crippen molar-refractivity contribution in [2.75, 3.05) is 13.2 Å². The van der Waals surface area contributed by atoms with Crippen LogP contribution in [0.25, 0.3) is 11.1 Å². The third-order valence-electron chi connectivity index (χ3n) is 5.41. The number of halogens is 3. The summed E-state index contributed by atoms with van der Waals surface area (Å²) in [6.07, 6.45) is -4.86. The van der Waals surface area contributed by atoms with Gasteiger partial charge < -0.3 is 15.2 Å². The lowest BCUT2D eigenvalue weighted by Gasteiger charge is -2.14. The first-order valence-electron chi connectivity index (χ1n) is 10.3. The van der Waals surface area contributed by atoms with E-state index >= 15 is 0 Å². The van der Waals surface area contributed by atoms with Gasteiger partial charge in [0.05, 0.1) is 11.1 Å². The fourth-order valence-electron chi connectivity index (χ4n) is 3.85. The molecule has 0 radical (unpaired) electrons. The Kier molecular flexibility index (Phi) is 6.27. The zero-order chi connectivity index (χ0) is 23.4. The summed E-state index contributed by atoms with van der Waals surface area (Å²) in [6, 6.07) is 18.7. The summed E-state index contributed by atoms with van der Waals surface area (Å²) in [5.74, 6) is 4.75. The Bertz CT molecular complexity index is 1200. The van der Waals surface area contributed by atoms with Crippen LogP contribution in [0, 0.1) is 11.8 Å². The van der Waals surface area contributed by atoms with Crippen molar-refractivity contribution in [1.82, 2.24) is 5.32 Å². The highest BCUT2D eigenvalue weighted by atomic mass is 19.4. The summed E-state index contributed by atoms with van der Waals surface area (Å²) in [4.78, 5) is 12.1. The predicted molar refractivity (Wildman–Crippen MR) is 118 cm³/mol. The molecule has 1 aliphatic rings. The maximum absolute atomic E-state index is 12.6. The average Bonchev–Trinajstić information content (AvgIpc) is 3.11. The molecule has 33 heavy (non-hydrogen) atoms. The van der Waals surface area contributed by atoms with Crippen molar-refractivity contribution < 1.29 is 27.8 Å². The number of hydrogen-bond acceptors (Lipinski definition) is 3. The van der Waals surface area contributed by atoms with Gasteiger partial charge in [0.15, 0.2) is 0 Å². The van der Waals surface area contributed by atoms with E-state index in [4.69, 9.17) is 4.74 Å². The Balaban J connectivity index is 1.28. The fraction of sp³-hybridized carbons (Fsp3) is 0.192. The standard InChI is InChI=1S/C26H20F3NO3/c27-26(28,29)18-13-12-17(24(31)15-18)7-5-6-14-30-25(32)33-16-23-21-10-3-1-8-19(21)20-9-2-4-11-22(20)23/h1-4,8-13,15,23,31H,6,14,16H2,(H,30,32). The zero-order valence-corrected chi connectivity index (χ0v) is 17.4. The second-order valence-corrected chi connectivity index (χ2v) is 7.53. The number of carbonyl (C=O) groups is 1. The molecule has 4 rings (SSSR count). The number of nitrogens with one attached hydrogen (secondary N) is 1. The Morgan fingerprint density at radius 1 is 1.00 bits per heavy atom. The van der Waals surface area contributed by atoms with Crippen LogP contribution in [0.3, 0.4) is 0 Å². The van der Waals surface area contributed by atoms with Gasteiger partial charge in [-0.25, -0.2) is 4.79 Å². The summed E-state index contributed by atoms with van der Waals surface area (Å²) in [6.45, 7) is 0.399. The van der Waals surface area contributed by atoms with Crippen LogP contribution in [-0.4, -0.2) is 24.4 Å². The number of carbonyl (C=O) groups excluding carboxylic acids is 1. The molecule has 1 amide bonds. The molecule has 3 aromatic rings. The second-order valence-electron chi connectivity index (χ2n) is 7.53. The maximum atomic E-state index is 12.6. The lowest BCUT2D eigenvalue weighted by Crippen LogP contribution is -2.26. The van der Waals surface area contributed by atoms with Crippen LogP contribution in [-0.2, 0) is 10.9 Å². The van der Waals surface area contributed by atoms with Crippen LogP contribution >= 0.6 is 0 Å². The number of phenolic OH excluding ortho intramolecular Hbond substituents is 1. The van der Waals surface area contributed by atoms with Gasteiger partial charge in [-0.3, -0.25) is 0 Å². The summed E-state index contributed by atoms with van der Waals surface area (Å²) in [5.41, 5.74) is 3.67. The molecule has 0 aliphatic heterocycles. The molecule has 168 valence electrons. The zero-order valence-electron chi connectivity index (χ0n) is 17.4. The molecule has 3 aromatic carbocycles. The van der Waals surface area contributed by atoms with E-state index in [0.29, 0.717) is 6.07 Å². The predicted octanol–water partition coefficient (Wildman–Crippen LogP) is 5.69. The topological polar surface area (TPSA) is 58.6 Å². The smallest absolute Gasteiger partial charge is 0.416 e. The van der Waals surface area contributed by atoms with Gasteiger partial charge in [0.1, 0.15) is 12.4 Å². The molecule has 0 unspecified atom stereocenters. The molecule has 4 nitrogen and oxygen atoms in total. The van der Waals surface area contributed by atoms with E-state index in [9.17, 15) is 23.1 Å². The lowest BCUT2D eigenvalue weighted by atomic mass is 9.98. The van der Waals surface area contributed by atoms with Gasteiger partial charge in [0, 0.05) is 18.9 Å². The van der Waals surface area contributed by atoms with Crippen molar-refractivity contribution in [3.05, 3.63) is 89.0 Å². The average molecular weight is 451 g/mol. The number of phenols is 1. The molecule has 0 atom stereocenters. The Labute approximate surface area is 189 Å². The minimum Gasteiger partial charge on any atom is -0.507 e. The molecule has 0 fully saturated rings. The first kappa shape index (κ1) is 22.3. The Hall–Kier alpha value is -3.92. The molecule has 2 N–H and O–H groups in total. The summed E-state index contributed by atoms with van der Waals surface area (Å²) < 4.78 is 43.3. The monoisotopic (exact) mass is 451 g/mol.